The van der Waals surface area contributed by atoms with Gasteiger partial charge in [-0.2, -0.15) is 0 Å². The lowest BCUT2D eigenvalue weighted by atomic mass is 9.98. The number of rotatable bonds is 3. The molecular weight excluding hydrogens is 300 g/mol. The number of nitrogens with zero attached hydrogens (tertiary/aromatic N) is 2. The molecule has 0 radical (unpaired) electrons. The Hall–Kier alpha value is -1.79. The highest BCUT2D eigenvalue weighted by Crippen LogP contribution is 2.24. The standard InChI is InChI=1S/C16H26N2O5/c1-16(2,3)23-15(22)17-6-4-5-11(8-17)9-18-10-12(14(20)21)7-13(18)19/h11-12H,4-10H2,1-3H3,(H,20,21). The highest BCUT2D eigenvalue weighted by molar-refractivity contribution is 5.86. The van der Waals surface area contributed by atoms with Crippen molar-refractivity contribution in [2.24, 2.45) is 11.8 Å². The van der Waals surface area contributed by atoms with Crippen LogP contribution in [-0.4, -0.2) is 64.7 Å². The van der Waals surface area contributed by atoms with Gasteiger partial charge >= 0.3 is 12.1 Å². The molecule has 23 heavy (non-hydrogen) atoms. The zero-order valence-corrected chi connectivity index (χ0v) is 14.1. The van der Waals surface area contributed by atoms with Crippen LogP contribution in [0.5, 0.6) is 0 Å². The molecule has 0 spiro atoms. The van der Waals surface area contributed by atoms with Gasteiger partial charge < -0.3 is 19.6 Å². The molecule has 7 heteroatoms. The van der Waals surface area contributed by atoms with E-state index in [1.54, 1.807) is 9.80 Å². The lowest BCUT2D eigenvalue weighted by Gasteiger charge is -2.35. The van der Waals surface area contributed by atoms with Gasteiger partial charge in [0.15, 0.2) is 0 Å². The summed E-state index contributed by atoms with van der Waals surface area (Å²) in [6.07, 6.45) is 1.56. The third-order valence-corrected chi connectivity index (χ3v) is 4.21. The molecule has 2 aliphatic rings. The smallest absolute Gasteiger partial charge is 0.410 e. The van der Waals surface area contributed by atoms with Crippen LogP contribution in [0.3, 0.4) is 0 Å². The van der Waals surface area contributed by atoms with Crippen molar-refractivity contribution < 1.29 is 24.2 Å². The Bertz CT molecular complexity index is 485. The van der Waals surface area contributed by atoms with E-state index in [1.807, 2.05) is 20.8 Å². The van der Waals surface area contributed by atoms with Crippen LogP contribution in [0.1, 0.15) is 40.0 Å². The molecule has 2 rings (SSSR count). The van der Waals surface area contributed by atoms with Gasteiger partial charge in [0.2, 0.25) is 5.91 Å². The van der Waals surface area contributed by atoms with E-state index in [4.69, 9.17) is 9.84 Å². The normalized spacial score (nSPS) is 25.6. The maximum Gasteiger partial charge on any atom is 0.410 e. The maximum atomic E-state index is 12.1. The van der Waals surface area contributed by atoms with Gasteiger partial charge in [-0.25, -0.2) is 4.79 Å². The molecule has 2 heterocycles. The number of amides is 2. The van der Waals surface area contributed by atoms with Crippen LogP contribution in [0.15, 0.2) is 0 Å². The largest absolute Gasteiger partial charge is 0.481 e. The highest BCUT2D eigenvalue weighted by Gasteiger charge is 2.36. The SMILES string of the molecule is CC(C)(C)OC(=O)N1CCCC(CN2CC(C(=O)O)CC2=O)C1. The van der Waals surface area contributed by atoms with Crippen LogP contribution in [0.25, 0.3) is 0 Å². The van der Waals surface area contributed by atoms with Crippen molar-refractivity contribution in [1.29, 1.82) is 0 Å². The molecule has 0 aromatic carbocycles. The second-order valence-electron chi connectivity index (χ2n) is 7.47. The summed E-state index contributed by atoms with van der Waals surface area (Å²) < 4.78 is 5.39. The van der Waals surface area contributed by atoms with Crippen molar-refractivity contribution in [3.8, 4) is 0 Å². The summed E-state index contributed by atoms with van der Waals surface area (Å²) in [5.41, 5.74) is -0.524. The number of ether oxygens (including phenoxy) is 1. The van der Waals surface area contributed by atoms with E-state index < -0.39 is 17.5 Å². The number of hydrogen-bond acceptors (Lipinski definition) is 4. The minimum Gasteiger partial charge on any atom is -0.481 e. The predicted molar refractivity (Wildman–Crippen MR) is 82.9 cm³/mol. The van der Waals surface area contributed by atoms with Crippen molar-refractivity contribution in [3.63, 3.8) is 0 Å². The quantitative estimate of drug-likeness (QED) is 0.850. The van der Waals surface area contributed by atoms with Gasteiger partial charge in [-0.15, -0.1) is 0 Å². The van der Waals surface area contributed by atoms with Gasteiger partial charge in [-0.05, 0) is 39.5 Å². The summed E-state index contributed by atoms with van der Waals surface area (Å²) in [6, 6.07) is 0. The molecular formula is C16H26N2O5. The molecule has 2 amide bonds. The van der Waals surface area contributed by atoms with E-state index in [0.717, 1.165) is 12.8 Å². The second-order valence-corrected chi connectivity index (χ2v) is 7.47. The average Bonchev–Trinajstić information content (AvgIpc) is 2.79. The number of carboxylic acid groups (broad SMARTS) is 1. The van der Waals surface area contributed by atoms with Gasteiger partial charge in [0.05, 0.1) is 5.92 Å². The predicted octanol–water partition coefficient (Wildman–Crippen LogP) is 1.57. The molecule has 2 unspecified atom stereocenters. The maximum absolute atomic E-state index is 12.1. The molecule has 0 aromatic rings. The van der Waals surface area contributed by atoms with E-state index in [1.165, 1.54) is 0 Å². The Morgan fingerprint density at radius 3 is 2.57 bits per heavy atom. The topological polar surface area (TPSA) is 87.2 Å². The van der Waals surface area contributed by atoms with Crippen LogP contribution in [0, 0.1) is 11.8 Å². The van der Waals surface area contributed by atoms with E-state index in [2.05, 4.69) is 0 Å². The number of carbonyl (C=O) groups excluding carboxylic acids is 2. The number of carboxylic acids is 1. The molecule has 2 atom stereocenters. The minimum absolute atomic E-state index is 0.0812. The van der Waals surface area contributed by atoms with Crippen molar-refractivity contribution in [3.05, 3.63) is 0 Å². The van der Waals surface area contributed by atoms with Gasteiger partial charge in [0, 0.05) is 32.6 Å². The molecule has 2 fully saturated rings. The first-order chi connectivity index (χ1) is 10.7. The summed E-state index contributed by atoms with van der Waals surface area (Å²) in [4.78, 5) is 38.4. The van der Waals surface area contributed by atoms with Gasteiger partial charge in [0.25, 0.3) is 0 Å². The zero-order valence-electron chi connectivity index (χ0n) is 14.1. The first-order valence-electron chi connectivity index (χ1n) is 8.14. The van der Waals surface area contributed by atoms with E-state index in [0.29, 0.717) is 19.6 Å². The summed E-state index contributed by atoms with van der Waals surface area (Å²) in [5.74, 6) is -1.45. The van der Waals surface area contributed by atoms with Crippen LogP contribution >= 0.6 is 0 Å². The van der Waals surface area contributed by atoms with Crippen LogP contribution < -0.4 is 0 Å². The van der Waals surface area contributed by atoms with Crippen LogP contribution in [0.2, 0.25) is 0 Å². The number of piperidine rings is 1. The fourth-order valence-corrected chi connectivity index (χ4v) is 3.13. The van der Waals surface area contributed by atoms with Crippen LogP contribution in [0.4, 0.5) is 4.79 Å². The Morgan fingerprint density at radius 1 is 1.30 bits per heavy atom. The zero-order chi connectivity index (χ0) is 17.2. The second kappa shape index (κ2) is 6.76. The minimum atomic E-state index is -0.917. The van der Waals surface area contributed by atoms with E-state index in [-0.39, 0.29) is 30.9 Å². The Balaban J connectivity index is 1.88. The molecule has 2 saturated heterocycles. The molecule has 0 saturated carbocycles. The lowest BCUT2D eigenvalue weighted by Crippen LogP contribution is -2.45. The fraction of sp³-hybridized carbons (Fsp3) is 0.812. The molecule has 2 aliphatic heterocycles. The van der Waals surface area contributed by atoms with E-state index in [9.17, 15) is 14.4 Å². The first kappa shape index (κ1) is 17.6. The Kier molecular flexibility index (Phi) is 5.16. The number of aliphatic carboxylic acids is 1. The summed E-state index contributed by atoms with van der Waals surface area (Å²) in [5, 5.41) is 9.03. The van der Waals surface area contributed by atoms with E-state index >= 15 is 0 Å². The lowest BCUT2D eigenvalue weighted by molar-refractivity contribution is -0.141. The first-order valence-corrected chi connectivity index (χ1v) is 8.14. The van der Waals surface area contributed by atoms with Gasteiger partial charge in [-0.3, -0.25) is 9.59 Å². The molecule has 0 aliphatic carbocycles. The third kappa shape index (κ3) is 4.84. The van der Waals surface area contributed by atoms with Gasteiger partial charge in [0.1, 0.15) is 5.60 Å². The molecule has 1 N–H and O–H groups in total. The average molecular weight is 326 g/mol. The van der Waals surface area contributed by atoms with Gasteiger partial charge in [-0.1, -0.05) is 0 Å². The number of hydrogen-bond donors (Lipinski definition) is 1. The van der Waals surface area contributed by atoms with Crippen molar-refractivity contribution >= 4 is 18.0 Å². The number of carbonyl (C=O) groups is 3. The molecule has 130 valence electrons. The van der Waals surface area contributed by atoms with Crippen LogP contribution in [-0.2, 0) is 14.3 Å². The monoisotopic (exact) mass is 326 g/mol. The summed E-state index contributed by atoms with van der Waals surface area (Å²) in [6.45, 7) is 7.51. The molecule has 0 aromatic heterocycles. The van der Waals surface area contributed by atoms with Crippen molar-refractivity contribution in [2.75, 3.05) is 26.2 Å². The summed E-state index contributed by atoms with van der Waals surface area (Å²) in [7, 11) is 0. The highest BCUT2D eigenvalue weighted by atomic mass is 16.6. The van der Waals surface area contributed by atoms with Crippen molar-refractivity contribution in [2.45, 2.75) is 45.6 Å². The summed E-state index contributed by atoms with van der Waals surface area (Å²) >= 11 is 0. The van der Waals surface area contributed by atoms with Crippen molar-refractivity contribution in [1.82, 2.24) is 9.80 Å². The third-order valence-electron chi connectivity index (χ3n) is 4.21. The molecule has 0 bridgehead atoms. The Morgan fingerprint density at radius 2 is 2.00 bits per heavy atom. The molecule has 7 nitrogen and oxygen atoms in total. The number of likely N-dealkylation sites (tertiary alicyclic amines) is 2. The fourth-order valence-electron chi connectivity index (χ4n) is 3.13. The Labute approximate surface area is 136 Å².